The Bertz CT molecular complexity index is 838. The number of nitrogens with zero attached hydrogens (tertiary/aromatic N) is 1. The van der Waals surface area contributed by atoms with Gasteiger partial charge in [-0.25, -0.2) is 4.79 Å². The number of hydrogen-bond donors (Lipinski definition) is 2. The molecule has 0 heterocycles. The van der Waals surface area contributed by atoms with Crippen molar-refractivity contribution in [1.82, 2.24) is 4.90 Å². The molecule has 154 valence electrons. The summed E-state index contributed by atoms with van der Waals surface area (Å²) in [5.41, 5.74) is 3.44. The van der Waals surface area contributed by atoms with Crippen molar-refractivity contribution in [1.29, 1.82) is 0 Å². The van der Waals surface area contributed by atoms with Crippen molar-refractivity contribution in [2.75, 3.05) is 24.2 Å². The highest BCUT2D eigenvalue weighted by Gasteiger charge is 2.17. The Labute approximate surface area is 172 Å². The summed E-state index contributed by atoms with van der Waals surface area (Å²) >= 11 is 0. The molecule has 6 nitrogen and oxygen atoms in total. The fourth-order valence-electron chi connectivity index (χ4n) is 3.51. The number of urea groups is 1. The van der Waals surface area contributed by atoms with Crippen LogP contribution in [0.5, 0.6) is 5.75 Å². The summed E-state index contributed by atoms with van der Waals surface area (Å²) in [4.78, 5) is 26.1. The Hall–Kier alpha value is -3.02. The minimum absolute atomic E-state index is 0.0392. The maximum Gasteiger partial charge on any atom is 0.322 e. The summed E-state index contributed by atoms with van der Waals surface area (Å²) in [6, 6.07) is 12.8. The van der Waals surface area contributed by atoms with Crippen LogP contribution in [0, 0.1) is 13.8 Å². The Morgan fingerprint density at radius 1 is 1.00 bits per heavy atom. The molecule has 1 aliphatic carbocycles. The molecule has 0 spiro atoms. The van der Waals surface area contributed by atoms with Crippen LogP contribution in [-0.4, -0.2) is 36.5 Å². The monoisotopic (exact) mass is 395 g/mol. The van der Waals surface area contributed by atoms with Crippen LogP contribution < -0.4 is 15.4 Å². The number of anilines is 2. The number of carbonyl (C=O) groups excluding carboxylic acids is 2. The van der Waals surface area contributed by atoms with Crippen molar-refractivity contribution in [2.45, 2.75) is 45.6 Å². The first-order valence-corrected chi connectivity index (χ1v) is 10.1. The minimum Gasteiger partial charge on any atom is -0.490 e. The molecule has 0 atom stereocenters. The predicted molar refractivity (Wildman–Crippen MR) is 116 cm³/mol. The second-order valence-corrected chi connectivity index (χ2v) is 7.65. The number of benzene rings is 2. The van der Waals surface area contributed by atoms with Crippen LogP contribution in [0.25, 0.3) is 0 Å². The lowest BCUT2D eigenvalue weighted by molar-refractivity contribution is -0.116. The zero-order chi connectivity index (χ0) is 20.8. The van der Waals surface area contributed by atoms with E-state index in [4.69, 9.17) is 4.74 Å². The van der Waals surface area contributed by atoms with Crippen molar-refractivity contribution < 1.29 is 14.3 Å². The molecule has 2 N–H and O–H groups in total. The summed E-state index contributed by atoms with van der Waals surface area (Å²) < 4.78 is 5.94. The van der Waals surface area contributed by atoms with Gasteiger partial charge in [0, 0.05) is 18.4 Å². The molecule has 0 unspecified atom stereocenters. The second kappa shape index (κ2) is 9.45. The minimum atomic E-state index is -0.342. The Morgan fingerprint density at radius 2 is 1.62 bits per heavy atom. The molecule has 0 saturated heterocycles. The largest absolute Gasteiger partial charge is 0.490 e. The zero-order valence-electron chi connectivity index (χ0n) is 17.3. The molecule has 1 fully saturated rings. The van der Waals surface area contributed by atoms with Gasteiger partial charge in [0.1, 0.15) is 12.3 Å². The smallest absolute Gasteiger partial charge is 0.322 e. The number of carbonyl (C=O) groups is 2. The van der Waals surface area contributed by atoms with E-state index in [2.05, 4.69) is 10.6 Å². The highest BCUT2D eigenvalue weighted by molar-refractivity contribution is 5.97. The number of amides is 3. The van der Waals surface area contributed by atoms with Crippen LogP contribution in [-0.2, 0) is 4.79 Å². The molecule has 2 aromatic rings. The van der Waals surface area contributed by atoms with Gasteiger partial charge >= 0.3 is 6.03 Å². The van der Waals surface area contributed by atoms with Gasteiger partial charge < -0.3 is 20.3 Å². The van der Waals surface area contributed by atoms with E-state index in [0.29, 0.717) is 11.8 Å². The molecule has 3 amide bonds. The lowest BCUT2D eigenvalue weighted by Crippen LogP contribution is -2.37. The molecule has 1 saturated carbocycles. The van der Waals surface area contributed by atoms with Crippen molar-refractivity contribution in [2.24, 2.45) is 0 Å². The number of ether oxygens (including phenoxy) is 1. The lowest BCUT2D eigenvalue weighted by atomic mass is 10.1. The molecule has 0 aromatic heterocycles. The summed E-state index contributed by atoms with van der Waals surface area (Å²) in [6.07, 6.45) is 4.96. The fraction of sp³-hybridized carbons (Fsp3) is 0.391. The van der Waals surface area contributed by atoms with Crippen LogP contribution in [0.4, 0.5) is 16.2 Å². The first-order valence-electron chi connectivity index (χ1n) is 10.1. The van der Waals surface area contributed by atoms with Crippen molar-refractivity contribution in [3.05, 3.63) is 53.6 Å². The average molecular weight is 396 g/mol. The van der Waals surface area contributed by atoms with E-state index >= 15 is 0 Å². The van der Waals surface area contributed by atoms with E-state index in [0.717, 1.165) is 35.4 Å². The molecular weight excluding hydrogens is 366 g/mol. The highest BCUT2D eigenvalue weighted by Crippen LogP contribution is 2.25. The molecule has 29 heavy (non-hydrogen) atoms. The molecule has 3 rings (SSSR count). The number of aryl methyl sites for hydroxylation is 2. The lowest BCUT2D eigenvalue weighted by Gasteiger charge is -2.19. The Morgan fingerprint density at radius 3 is 2.24 bits per heavy atom. The standard InChI is InChI=1S/C23H29N3O3/c1-16-7-6-8-17(2)22(16)25-21(27)15-26(3)23(28)24-18-11-13-20(14-12-18)29-19-9-4-5-10-19/h6-8,11-14,19H,4-5,9-10,15H2,1-3H3,(H,24,28)(H,25,27). The first kappa shape index (κ1) is 20.7. The number of para-hydroxylation sites is 1. The Balaban J connectivity index is 1.50. The number of likely N-dealkylation sites (N-methyl/N-ethyl adjacent to an activating group) is 1. The highest BCUT2D eigenvalue weighted by atomic mass is 16.5. The molecule has 1 aliphatic rings. The van der Waals surface area contributed by atoms with Crippen molar-refractivity contribution >= 4 is 23.3 Å². The van der Waals surface area contributed by atoms with Gasteiger partial charge in [-0.2, -0.15) is 0 Å². The number of rotatable bonds is 6. The van der Waals surface area contributed by atoms with Gasteiger partial charge in [-0.05, 0) is 74.9 Å². The molecule has 6 heteroatoms. The molecular formula is C23H29N3O3. The van der Waals surface area contributed by atoms with Gasteiger partial charge in [0.15, 0.2) is 0 Å². The van der Waals surface area contributed by atoms with Gasteiger partial charge in [0.25, 0.3) is 0 Å². The maximum absolute atomic E-state index is 12.4. The van der Waals surface area contributed by atoms with Crippen molar-refractivity contribution in [3.8, 4) is 5.75 Å². The zero-order valence-corrected chi connectivity index (χ0v) is 17.3. The van der Waals surface area contributed by atoms with E-state index in [1.54, 1.807) is 7.05 Å². The third-order valence-electron chi connectivity index (χ3n) is 5.18. The summed E-state index contributed by atoms with van der Waals surface area (Å²) in [5, 5.41) is 5.70. The molecule has 2 aromatic carbocycles. The van der Waals surface area contributed by atoms with Gasteiger partial charge in [-0.3, -0.25) is 4.79 Å². The van der Waals surface area contributed by atoms with E-state index in [1.165, 1.54) is 17.7 Å². The summed E-state index contributed by atoms with van der Waals surface area (Å²) in [6.45, 7) is 3.85. The van der Waals surface area contributed by atoms with Gasteiger partial charge in [0.2, 0.25) is 5.91 Å². The third-order valence-corrected chi connectivity index (χ3v) is 5.18. The van der Waals surface area contributed by atoms with Crippen LogP contribution in [0.2, 0.25) is 0 Å². The van der Waals surface area contributed by atoms with Crippen LogP contribution in [0.3, 0.4) is 0 Å². The number of nitrogens with one attached hydrogen (secondary N) is 2. The maximum atomic E-state index is 12.4. The van der Waals surface area contributed by atoms with E-state index in [9.17, 15) is 9.59 Å². The first-order chi connectivity index (χ1) is 13.9. The second-order valence-electron chi connectivity index (χ2n) is 7.65. The van der Waals surface area contributed by atoms with Crippen molar-refractivity contribution in [3.63, 3.8) is 0 Å². The fourth-order valence-corrected chi connectivity index (χ4v) is 3.51. The van der Waals surface area contributed by atoms with Gasteiger partial charge in [0.05, 0.1) is 6.10 Å². The average Bonchev–Trinajstić information content (AvgIpc) is 3.19. The van der Waals surface area contributed by atoms with E-state index in [-0.39, 0.29) is 18.5 Å². The van der Waals surface area contributed by atoms with Gasteiger partial charge in [-0.15, -0.1) is 0 Å². The summed E-state index contributed by atoms with van der Waals surface area (Å²) in [5.74, 6) is 0.580. The SMILES string of the molecule is Cc1cccc(C)c1NC(=O)CN(C)C(=O)Nc1ccc(OC2CCCC2)cc1. The topological polar surface area (TPSA) is 70.7 Å². The van der Waals surface area contributed by atoms with Crippen LogP contribution >= 0.6 is 0 Å². The summed E-state index contributed by atoms with van der Waals surface area (Å²) in [7, 11) is 1.59. The third kappa shape index (κ3) is 5.73. The molecule has 0 radical (unpaired) electrons. The van der Waals surface area contributed by atoms with Crippen LogP contribution in [0.15, 0.2) is 42.5 Å². The molecule has 0 bridgehead atoms. The van der Waals surface area contributed by atoms with E-state index in [1.807, 2.05) is 56.3 Å². The quantitative estimate of drug-likeness (QED) is 0.743. The van der Waals surface area contributed by atoms with Gasteiger partial charge in [-0.1, -0.05) is 18.2 Å². The number of hydrogen-bond acceptors (Lipinski definition) is 3. The molecule has 0 aliphatic heterocycles. The normalized spacial score (nSPS) is 13.8. The predicted octanol–water partition coefficient (Wildman–Crippen LogP) is 4.73. The Kier molecular flexibility index (Phi) is 6.75. The van der Waals surface area contributed by atoms with E-state index < -0.39 is 0 Å². The van der Waals surface area contributed by atoms with Crippen LogP contribution in [0.1, 0.15) is 36.8 Å².